The number of anilines is 1. The van der Waals surface area contributed by atoms with Gasteiger partial charge in [0.25, 0.3) is 5.91 Å². The van der Waals surface area contributed by atoms with Crippen molar-refractivity contribution in [2.45, 2.75) is 31.7 Å². The van der Waals surface area contributed by atoms with E-state index in [1.54, 1.807) is 24.3 Å². The summed E-state index contributed by atoms with van der Waals surface area (Å²) in [5.41, 5.74) is 1.13. The van der Waals surface area contributed by atoms with Gasteiger partial charge in [-0.1, -0.05) is 6.42 Å². The van der Waals surface area contributed by atoms with Gasteiger partial charge in [0.15, 0.2) is 0 Å². The van der Waals surface area contributed by atoms with Crippen LogP contribution in [0.3, 0.4) is 0 Å². The molecule has 1 aromatic carbocycles. The van der Waals surface area contributed by atoms with E-state index in [1.165, 1.54) is 30.6 Å². The summed E-state index contributed by atoms with van der Waals surface area (Å²) in [5, 5.41) is 3.13. The Kier molecular flexibility index (Phi) is 3.89. The number of carbonyl (C=O) groups excluding carboxylic acids is 1. The normalized spacial score (nSPS) is 26.9. The van der Waals surface area contributed by atoms with Gasteiger partial charge in [0, 0.05) is 18.7 Å². The summed E-state index contributed by atoms with van der Waals surface area (Å²) in [7, 11) is -1.78. The van der Waals surface area contributed by atoms with Crippen molar-refractivity contribution in [2.75, 3.05) is 17.6 Å². The molecule has 0 aromatic heterocycles. The molecule has 0 spiro atoms. The van der Waals surface area contributed by atoms with E-state index in [4.69, 9.17) is 0 Å². The molecule has 2 saturated carbocycles. The number of nitrogens with zero attached hydrogens (tertiary/aromatic N) is 1. The SMILES string of the molecule is CN(c1ccc(C(=O)N[C@@H]2C[C@H]3CC[C@H]2C3)cc1)S(C)(=O)=O. The van der Waals surface area contributed by atoms with E-state index in [1.807, 2.05) is 0 Å². The van der Waals surface area contributed by atoms with E-state index in [0.29, 0.717) is 23.2 Å². The van der Waals surface area contributed by atoms with Gasteiger partial charge in [-0.15, -0.1) is 0 Å². The number of nitrogens with one attached hydrogen (secondary N) is 1. The fourth-order valence-electron chi connectivity index (χ4n) is 3.69. The van der Waals surface area contributed by atoms with Gasteiger partial charge in [-0.3, -0.25) is 9.10 Å². The maximum atomic E-state index is 12.3. The fraction of sp³-hybridized carbons (Fsp3) is 0.562. The Morgan fingerprint density at radius 3 is 2.36 bits per heavy atom. The van der Waals surface area contributed by atoms with Crippen molar-refractivity contribution in [3.05, 3.63) is 29.8 Å². The number of fused-ring (bicyclic) bond motifs is 2. The zero-order valence-corrected chi connectivity index (χ0v) is 13.8. The average molecular weight is 322 g/mol. The third-order valence-corrected chi connectivity index (χ3v) is 6.25. The van der Waals surface area contributed by atoms with Crippen molar-refractivity contribution in [1.29, 1.82) is 0 Å². The van der Waals surface area contributed by atoms with Gasteiger partial charge in [0.1, 0.15) is 0 Å². The molecule has 2 fully saturated rings. The summed E-state index contributed by atoms with van der Waals surface area (Å²) in [4.78, 5) is 12.3. The van der Waals surface area contributed by atoms with Crippen molar-refractivity contribution in [1.82, 2.24) is 5.32 Å². The molecular formula is C16H22N2O3S. The average Bonchev–Trinajstić information content (AvgIpc) is 3.08. The molecule has 3 rings (SSSR count). The Balaban J connectivity index is 1.66. The Bertz CT molecular complexity index is 669. The van der Waals surface area contributed by atoms with Crippen LogP contribution in [0, 0.1) is 11.8 Å². The molecule has 120 valence electrons. The minimum Gasteiger partial charge on any atom is -0.349 e. The lowest BCUT2D eigenvalue weighted by atomic mass is 9.95. The quantitative estimate of drug-likeness (QED) is 0.922. The molecule has 3 atom stereocenters. The monoisotopic (exact) mass is 322 g/mol. The van der Waals surface area contributed by atoms with Crippen molar-refractivity contribution in [2.24, 2.45) is 11.8 Å². The molecule has 0 unspecified atom stereocenters. The molecule has 2 aliphatic carbocycles. The van der Waals surface area contributed by atoms with Gasteiger partial charge in [-0.2, -0.15) is 0 Å². The Morgan fingerprint density at radius 1 is 1.18 bits per heavy atom. The molecule has 2 aliphatic rings. The zero-order chi connectivity index (χ0) is 15.9. The highest BCUT2D eigenvalue weighted by Gasteiger charge is 2.40. The Hall–Kier alpha value is -1.56. The topological polar surface area (TPSA) is 66.5 Å². The predicted molar refractivity (Wildman–Crippen MR) is 86.4 cm³/mol. The minimum atomic E-state index is -3.28. The Morgan fingerprint density at radius 2 is 1.86 bits per heavy atom. The fourth-order valence-corrected chi connectivity index (χ4v) is 4.19. The number of hydrogen-bond donors (Lipinski definition) is 1. The van der Waals surface area contributed by atoms with E-state index in [0.717, 1.165) is 18.6 Å². The number of hydrogen-bond acceptors (Lipinski definition) is 3. The van der Waals surface area contributed by atoms with E-state index in [2.05, 4.69) is 5.32 Å². The molecule has 0 radical (unpaired) electrons. The number of amides is 1. The highest BCUT2D eigenvalue weighted by Crippen LogP contribution is 2.44. The van der Waals surface area contributed by atoms with Crippen LogP contribution >= 0.6 is 0 Å². The minimum absolute atomic E-state index is 0.0638. The van der Waals surface area contributed by atoms with Crippen molar-refractivity contribution < 1.29 is 13.2 Å². The van der Waals surface area contributed by atoms with E-state index in [-0.39, 0.29) is 5.91 Å². The highest BCUT2D eigenvalue weighted by molar-refractivity contribution is 7.92. The first-order valence-electron chi connectivity index (χ1n) is 7.69. The van der Waals surface area contributed by atoms with Crippen molar-refractivity contribution in [3.8, 4) is 0 Å². The summed E-state index contributed by atoms with van der Waals surface area (Å²) in [6.45, 7) is 0. The molecule has 0 saturated heterocycles. The van der Waals surface area contributed by atoms with Crippen LogP contribution in [0.5, 0.6) is 0 Å². The summed E-state index contributed by atoms with van der Waals surface area (Å²) < 4.78 is 24.2. The first kappa shape index (κ1) is 15.3. The van der Waals surface area contributed by atoms with Gasteiger partial charge < -0.3 is 5.32 Å². The van der Waals surface area contributed by atoms with Crippen LogP contribution in [0.1, 0.15) is 36.0 Å². The second kappa shape index (κ2) is 5.57. The molecule has 1 aromatic rings. The molecule has 0 aliphatic heterocycles. The van der Waals surface area contributed by atoms with Crippen LogP contribution in [0.2, 0.25) is 0 Å². The van der Waals surface area contributed by atoms with Gasteiger partial charge in [-0.05, 0) is 55.4 Å². The second-order valence-electron chi connectivity index (χ2n) is 6.53. The lowest BCUT2D eigenvalue weighted by Crippen LogP contribution is -2.38. The molecule has 5 nitrogen and oxygen atoms in total. The number of rotatable bonds is 4. The maximum Gasteiger partial charge on any atom is 0.251 e. The summed E-state index contributed by atoms with van der Waals surface area (Å²) >= 11 is 0. The van der Waals surface area contributed by atoms with Crippen molar-refractivity contribution in [3.63, 3.8) is 0 Å². The molecule has 0 heterocycles. The lowest BCUT2D eigenvalue weighted by molar-refractivity contribution is 0.0923. The van der Waals surface area contributed by atoms with E-state index < -0.39 is 10.0 Å². The molecule has 6 heteroatoms. The second-order valence-corrected chi connectivity index (χ2v) is 8.55. The van der Waals surface area contributed by atoms with Crippen molar-refractivity contribution >= 4 is 21.6 Å². The number of carbonyl (C=O) groups is 1. The number of sulfonamides is 1. The van der Waals surface area contributed by atoms with Gasteiger partial charge in [0.05, 0.1) is 11.9 Å². The largest absolute Gasteiger partial charge is 0.349 e. The summed E-state index contributed by atoms with van der Waals surface area (Å²) in [5.74, 6) is 1.37. The van der Waals surface area contributed by atoms with Crippen LogP contribution in [-0.2, 0) is 10.0 Å². The number of benzene rings is 1. The molecule has 22 heavy (non-hydrogen) atoms. The molecule has 2 bridgehead atoms. The first-order chi connectivity index (χ1) is 10.3. The van der Waals surface area contributed by atoms with Gasteiger partial charge in [0.2, 0.25) is 10.0 Å². The third-order valence-electron chi connectivity index (χ3n) is 5.05. The van der Waals surface area contributed by atoms with Gasteiger partial charge >= 0.3 is 0 Å². The van der Waals surface area contributed by atoms with Crippen LogP contribution in [0.15, 0.2) is 24.3 Å². The van der Waals surface area contributed by atoms with Crippen LogP contribution in [0.25, 0.3) is 0 Å². The third kappa shape index (κ3) is 2.97. The van der Waals surface area contributed by atoms with E-state index >= 15 is 0 Å². The molecule has 1 amide bonds. The standard InChI is InChI=1S/C16H22N2O3S/c1-18(22(2,20)21)14-7-5-12(6-8-14)16(19)17-15-10-11-3-4-13(15)9-11/h5-8,11,13,15H,3-4,9-10H2,1-2H3,(H,17,19)/t11-,13-,15+/m0/s1. The summed E-state index contributed by atoms with van der Waals surface area (Å²) in [6.07, 6.45) is 6.05. The van der Waals surface area contributed by atoms with E-state index in [9.17, 15) is 13.2 Å². The smallest absolute Gasteiger partial charge is 0.251 e. The molecular weight excluding hydrogens is 300 g/mol. The zero-order valence-electron chi connectivity index (χ0n) is 13.0. The van der Waals surface area contributed by atoms with Crippen LogP contribution in [-0.4, -0.2) is 33.7 Å². The Labute approximate surface area is 131 Å². The molecule has 1 N–H and O–H groups in total. The van der Waals surface area contributed by atoms with Crippen LogP contribution in [0.4, 0.5) is 5.69 Å². The van der Waals surface area contributed by atoms with Gasteiger partial charge in [-0.25, -0.2) is 8.42 Å². The van der Waals surface area contributed by atoms with Crippen LogP contribution < -0.4 is 9.62 Å². The maximum absolute atomic E-state index is 12.3. The predicted octanol–water partition coefficient (Wildman–Crippen LogP) is 2.00. The summed E-state index contributed by atoms with van der Waals surface area (Å²) in [6, 6.07) is 7.00. The lowest BCUT2D eigenvalue weighted by Gasteiger charge is -2.23. The first-order valence-corrected chi connectivity index (χ1v) is 9.54. The highest BCUT2D eigenvalue weighted by atomic mass is 32.2.